The van der Waals surface area contributed by atoms with Crippen LogP contribution in [0.4, 0.5) is 5.82 Å². The highest BCUT2D eigenvalue weighted by atomic mass is 16.5. The number of methoxy groups -OCH3 is 1. The quantitative estimate of drug-likeness (QED) is 0.694. The summed E-state index contributed by atoms with van der Waals surface area (Å²) in [5.74, 6) is 1.42. The van der Waals surface area contributed by atoms with Crippen LogP contribution in [0, 0.1) is 0 Å². The Labute approximate surface area is 77.9 Å². The zero-order valence-corrected chi connectivity index (χ0v) is 7.91. The Bertz CT molecular complexity index is 253. The van der Waals surface area contributed by atoms with Crippen LogP contribution in [0.2, 0.25) is 0 Å². The van der Waals surface area contributed by atoms with Gasteiger partial charge >= 0.3 is 0 Å². The lowest BCUT2D eigenvalue weighted by molar-refractivity contribution is 0.144. The first-order valence-electron chi connectivity index (χ1n) is 4.13. The van der Waals surface area contributed by atoms with Crippen LogP contribution >= 0.6 is 0 Å². The van der Waals surface area contributed by atoms with Crippen molar-refractivity contribution < 1.29 is 9.47 Å². The highest BCUT2D eigenvalue weighted by Gasteiger charge is 1.95. The molecule has 4 nitrogen and oxygen atoms in total. The van der Waals surface area contributed by atoms with Gasteiger partial charge in [0.25, 0.3) is 0 Å². The molecule has 1 aromatic rings. The topological polar surface area (TPSA) is 43.4 Å². The summed E-state index contributed by atoms with van der Waals surface area (Å²) >= 11 is 0. The van der Waals surface area contributed by atoms with Crippen molar-refractivity contribution in [3.05, 3.63) is 18.2 Å². The van der Waals surface area contributed by atoms with Gasteiger partial charge in [-0.2, -0.15) is 4.98 Å². The number of aromatic nitrogens is 1. The zero-order valence-electron chi connectivity index (χ0n) is 7.91. The Hall–Kier alpha value is -1.29. The van der Waals surface area contributed by atoms with E-state index in [9.17, 15) is 0 Å². The molecule has 13 heavy (non-hydrogen) atoms. The Kier molecular flexibility index (Phi) is 4.05. The fraction of sp³-hybridized carbons (Fsp3) is 0.444. The maximum absolute atomic E-state index is 5.31. The van der Waals surface area contributed by atoms with E-state index in [0.29, 0.717) is 19.1 Å². The van der Waals surface area contributed by atoms with E-state index in [2.05, 4.69) is 10.3 Å². The number of anilines is 1. The zero-order chi connectivity index (χ0) is 9.52. The summed E-state index contributed by atoms with van der Waals surface area (Å²) in [7, 11) is 3.46. The molecule has 1 aromatic heterocycles. The van der Waals surface area contributed by atoms with Gasteiger partial charge < -0.3 is 14.8 Å². The van der Waals surface area contributed by atoms with Crippen LogP contribution in [0.15, 0.2) is 18.2 Å². The van der Waals surface area contributed by atoms with Crippen LogP contribution in [-0.2, 0) is 4.74 Å². The molecule has 0 atom stereocenters. The van der Waals surface area contributed by atoms with E-state index in [1.54, 1.807) is 7.11 Å². The lowest BCUT2D eigenvalue weighted by atomic mass is 10.4. The fourth-order valence-electron chi connectivity index (χ4n) is 0.864. The summed E-state index contributed by atoms with van der Waals surface area (Å²) < 4.78 is 10.2. The minimum Gasteiger partial charge on any atom is -0.475 e. The van der Waals surface area contributed by atoms with Crippen LogP contribution in [0.5, 0.6) is 5.88 Å². The number of rotatable bonds is 5. The molecule has 1 N–H and O–H groups in total. The van der Waals surface area contributed by atoms with Crippen molar-refractivity contribution in [3.8, 4) is 5.88 Å². The minimum absolute atomic E-state index is 0.524. The van der Waals surface area contributed by atoms with Gasteiger partial charge in [0.1, 0.15) is 12.4 Å². The number of pyridine rings is 1. The average molecular weight is 182 g/mol. The second-order valence-corrected chi connectivity index (χ2v) is 2.45. The molecule has 0 aliphatic heterocycles. The summed E-state index contributed by atoms with van der Waals surface area (Å²) in [4.78, 5) is 4.17. The Morgan fingerprint density at radius 3 is 2.92 bits per heavy atom. The van der Waals surface area contributed by atoms with Gasteiger partial charge in [0.2, 0.25) is 5.88 Å². The number of nitrogens with one attached hydrogen (secondary N) is 1. The standard InChI is InChI=1S/C9H14N2O2/c1-10-8-4-3-5-9(11-8)13-7-6-12-2/h3-5H,6-7H2,1-2H3,(H,10,11). The molecule has 0 amide bonds. The van der Waals surface area contributed by atoms with E-state index in [1.807, 2.05) is 25.2 Å². The molecular weight excluding hydrogens is 168 g/mol. The largest absolute Gasteiger partial charge is 0.475 e. The molecule has 0 unspecified atom stereocenters. The molecule has 0 saturated heterocycles. The molecule has 1 heterocycles. The molecule has 0 aliphatic rings. The Balaban J connectivity index is 2.46. The van der Waals surface area contributed by atoms with Crippen LogP contribution < -0.4 is 10.1 Å². The molecule has 72 valence electrons. The number of nitrogens with zero attached hydrogens (tertiary/aromatic N) is 1. The van der Waals surface area contributed by atoms with Crippen LogP contribution in [0.3, 0.4) is 0 Å². The summed E-state index contributed by atoms with van der Waals surface area (Å²) in [5, 5.41) is 2.94. The molecule has 1 rings (SSSR count). The third kappa shape index (κ3) is 3.29. The second kappa shape index (κ2) is 5.37. The predicted molar refractivity (Wildman–Crippen MR) is 51.2 cm³/mol. The van der Waals surface area contributed by atoms with E-state index >= 15 is 0 Å². The number of hydrogen-bond donors (Lipinski definition) is 1. The molecule has 0 fully saturated rings. The van der Waals surface area contributed by atoms with Crippen molar-refractivity contribution in [3.63, 3.8) is 0 Å². The summed E-state index contributed by atoms with van der Waals surface area (Å²) in [6.07, 6.45) is 0. The normalized spacial score (nSPS) is 9.69. The molecule has 0 aromatic carbocycles. The first-order valence-corrected chi connectivity index (χ1v) is 4.13. The van der Waals surface area contributed by atoms with E-state index in [1.165, 1.54) is 0 Å². The smallest absolute Gasteiger partial charge is 0.215 e. The van der Waals surface area contributed by atoms with Gasteiger partial charge in [-0.25, -0.2) is 0 Å². The molecule has 0 saturated carbocycles. The van der Waals surface area contributed by atoms with Crippen molar-refractivity contribution in [1.82, 2.24) is 4.98 Å². The Morgan fingerprint density at radius 2 is 2.23 bits per heavy atom. The predicted octanol–water partition coefficient (Wildman–Crippen LogP) is 1.15. The molecule has 0 bridgehead atoms. The summed E-state index contributed by atoms with van der Waals surface area (Å²) in [6.45, 7) is 1.10. The monoisotopic (exact) mass is 182 g/mol. The van der Waals surface area contributed by atoms with Crippen molar-refractivity contribution in [2.45, 2.75) is 0 Å². The van der Waals surface area contributed by atoms with E-state index in [4.69, 9.17) is 9.47 Å². The second-order valence-electron chi connectivity index (χ2n) is 2.45. The summed E-state index contributed by atoms with van der Waals surface area (Å²) in [5.41, 5.74) is 0. The van der Waals surface area contributed by atoms with Gasteiger partial charge in [-0.05, 0) is 6.07 Å². The lowest BCUT2D eigenvalue weighted by Gasteiger charge is -2.05. The van der Waals surface area contributed by atoms with Crippen molar-refractivity contribution in [2.75, 3.05) is 32.7 Å². The van der Waals surface area contributed by atoms with Gasteiger partial charge in [-0.15, -0.1) is 0 Å². The third-order valence-corrected chi connectivity index (χ3v) is 1.52. The van der Waals surface area contributed by atoms with Crippen LogP contribution in [0.25, 0.3) is 0 Å². The maximum Gasteiger partial charge on any atom is 0.215 e. The van der Waals surface area contributed by atoms with E-state index in [-0.39, 0.29) is 0 Å². The lowest BCUT2D eigenvalue weighted by Crippen LogP contribution is -2.05. The van der Waals surface area contributed by atoms with Crippen molar-refractivity contribution in [1.29, 1.82) is 0 Å². The van der Waals surface area contributed by atoms with E-state index < -0.39 is 0 Å². The van der Waals surface area contributed by atoms with Crippen molar-refractivity contribution in [2.24, 2.45) is 0 Å². The Morgan fingerprint density at radius 1 is 1.38 bits per heavy atom. The van der Waals surface area contributed by atoms with E-state index in [0.717, 1.165) is 5.82 Å². The molecule has 4 heteroatoms. The van der Waals surface area contributed by atoms with Gasteiger partial charge in [-0.3, -0.25) is 0 Å². The number of hydrogen-bond acceptors (Lipinski definition) is 4. The first kappa shape index (κ1) is 9.80. The maximum atomic E-state index is 5.31. The third-order valence-electron chi connectivity index (χ3n) is 1.52. The average Bonchev–Trinajstić information content (AvgIpc) is 2.19. The van der Waals surface area contributed by atoms with Gasteiger partial charge in [-0.1, -0.05) is 6.07 Å². The van der Waals surface area contributed by atoms with Crippen molar-refractivity contribution >= 4 is 5.82 Å². The SMILES string of the molecule is CNc1cccc(OCCOC)n1. The first-order chi connectivity index (χ1) is 6.36. The van der Waals surface area contributed by atoms with Gasteiger partial charge in [0, 0.05) is 20.2 Å². The van der Waals surface area contributed by atoms with Gasteiger partial charge in [0.15, 0.2) is 0 Å². The highest BCUT2D eigenvalue weighted by Crippen LogP contribution is 2.10. The molecule has 0 aliphatic carbocycles. The van der Waals surface area contributed by atoms with Gasteiger partial charge in [0.05, 0.1) is 6.61 Å². The summed E-state index contributed by atoms with van der Waals surface area (Å²) in [6, 6.07) is 5.58. The fourth-order valence-corrected chi connectivity index (χ4v) is 0.864. The highest BCUT2D eigenvalue weighted by molar-refractivity contribution is 5.35. The number of ether oxygens (including phenoxy) is 2. The molecule has 0 radical (unpaired) electrons. The minimum atomic E-state index is 0.524. The molecular formula is C9H14N2O2. The van der Waals surface area contributed by atoms with Crippen LogP contribution in [0.1, 0.15) is 0 Å². The molecule has 0 spiro atoms. The van der Waals surface area contributed by atoms with Crippen LogP contribution in [-0.4, -0.2) is 32.4 Å².